The molecule has 0 aliphatic heterocycles. The summed E-state index contributed by atoms with van der Waals surface area (Å²) in [5.74, 6) is -1.85. The van der Waals surface area contributed by atoms with E-state index in [9.17, 15) is 19.2 Å². The zero-order valence-electron chi connectivity index (χ0n) is 35.6. The summed E-state index contributed by atoms with van der Waals surface area (Å²) < 4.78 is 8.82. The Morgan fingerprint density at radius 1 is 0.758 bits per heavy atom. The van der Waals surface area contributed by atoms with Crippen LogP contribution in [0.5, 0.6) is 5.75 Å². The molecule has 0 radical (unpaired) electrons. The van der Waals surface area contributed by atoms with E-state index in [2.05, 4.69) is 33.0 Å². The quantitative estimate of drug-likeness (QED) is 0.0416. The number of rotatable bonds is 23. The van der Waals surface area contributed by atoms with Crippen molar-refractivity contribution in [3.8, 4) is 11.4 Å². The molecule has 3 aromatic heterocycles. The molecule has 0 fully saturated rings. The minimum Gasteiger partial charge on any atom is -0.491 e. The van der Waals surface area contributed by atoms with Crippen LogP contribution in [0.2, 0.25) is 0 Å². The molecule has 3 N–H and O–H groups in total. The van der Waals surface area contributed by atoms with Gasteiger partial charge in [0.15, 0.2) is 11.9 Å². The number of aromatic amines is 1. The van der Waals surface area contributed by atoms with Crippen molar-refractivity contribution in [2.24, 2.45) is 0 Å². The highest BCUT2D eigenvalue weighted by Crippen LogP contribution is 2.31. The summed E-state index contributed by atoms with van der Waals surface area (Å²) in [6, 6.07) is 19.5. The van der Waals surface area contributed by atoms with E-state index in [-0.39, 0.29) is 40.3 Å². The van der Waals surface area contributed by atoms with Gasteiger partial charge in [-0.15, -0.1) is 5.10 Å². The van der Waals surface area contributed by atoms with Gasteiger partial charge in [0.2, 0.25) is 5.56 Å². The lowest BCUT2D eigenvalue weighted by molar-refractivity contribution is -0.129. The molecule has 15 heteroatoms. The van der Waals surface area contributed by atoms with Gasteiger partial charge < -0.3 is 19.9 Å². The molecular weight excluding hydrogens is 789 g/mol. The average Bonchev–Trinajstić information content (AvgIpc) is 3.70. The fraction of sp³-hybridized carbons (Fsp3) is 0.404. The first kappa shape index (κ1) is 44.9. The molecule has 1 unspecified atom stereocenters. The second-order valence-corrected chi connectivity index (χ2v) is 15.4. The molecule has 1 atom stereocenters. The highest BCUT2D eigenvalue weighted by molar-refractivity contribution is 6.00. The second kappa shape index (κ2) is 22.8. The predicted molar refractivity (Wildman–Crippen MR) is 238 cm³/mol. The Labute approximate surface area is 360 Å². The number of aromatic nitrogens is 6. The first-order valence-electron chi connectivity index (χ1n) is 21.9. The number of hydrogen-bond donors (Lipinski definition) is 3. The third-order valence-electron chi connectivity index (χ3n) is 10.7. The molecule has 3 aromatic carbocycles. The number of H-pyrrole nitrogens is 1. The Balaban J connectivity index is 1.25. The lowest BCUT2D eigenvalue weighted by Gasteiger charge is -2.22. The van der Waals surface area contributed by atoms with Crippen molar-refractivity contribution >= 4 is 45.4 Å². The number of para-hydroxylation sites is 2. The third kappa shape index (κ3) is 11.8. The van der Waals surface area contributed by atoms with Gasteiger partial charge in [-0.2, -0.15) is 5.48 Å². The lowest BCUT2D eigenvalue weighted by Crippen LogP contribution is -2.35. The number of hydroxylamine groups is 1. The van der Waals surface area contributed by atoms with Crippen LogP contribution in [0.15, 0.2) is 94.6 Å². The molecule has 3 heterocycles. The maximum absolute atomic E-state index is 15.0. The van der Waals surface area contributed by atoms with Gasteiger partial charge in [0, 0.05) is 18.7 Å². The number of hydrogen-bond acceptors (Lipinski definition) is 10. The van der Waals surface area contributed by atoms with Gasteiger partial charge in [0.1, 0.15) is 11.3 Å². The Morgan fingerprint density at radius 2 is 1.42 bits per heavy atom. The van der Waals surface area contributed by atoms with E-state index < -0.39 is 34.9 Å². The van der Waals surface area contributed by atoms with Gasteiger partial charge in [0.25, 0.3) is 17.4 Å². The molecule has 0 saturated carbocycles. The standard InChI is InChI=1S/C47H56N8O7/c1-3-5-6-7-8-9-10-11-12-13-14-15-16-21-30-61-40-27-26-33(47(60)62-52-41(56)4-2)31-38(40)50-45(58)43(55-39-25-20-19-24-37(39)51-53-55)44-49-36-23-18-17-22-35(36)46(59)54(44)34-28-29-48-42(57)32-34/h17-20,22-29,31-32,43H,3-16,21,30H2,1-2H3,(H,48,57)(H,50,58)(H,52,56). The molecule has 6 aromatic rings. The van der Waals surface area contributed by atoms with Crippen molar-refractivity contribution < 1.29 is 24.0 Å². The molecule has 2 amide bonds. The van der Waals surface area contributed by atoms with Gasteiger partial charge >= 0.3 is 5.97 Å². The van der Waals surface area contributed by atoms with Gasteiger partial charge in [-0.05, 0) is 55.0 Å². The van der Waals surface area contributed by atoms with Crippen molar-refractivity contribution in [3.63, 3.8) is 0 Å². The third-order valence-corrected chi connectivity index (χ3v) is 10.7. The number of fused-ring (bicyclic) bond motifs is 2. The van der Waals surface area contributed by atoms with E-state index in [0.717, 1.165) is 25.7 Å². The van der Waals surface area contributed by atoms with Crippen LogP contribution in [-0.4, -0.2) is 53.9 Å². The topological polar surface area (TPSA) is 192 Å². The number of benzene rings is 3. The van der Waals surface area contributed by atoms with E-state index >= 15 is 4.79 Å². The second-order valence-electron chi connectivity index (χ2n) is 15.4. The number of nitrogens with zero attached hydrogens (tertiary/aromatic N) is 5. The van der Waals surface area contributed by atoms with Gasteiger partial charge in [0.05, 0.1) is 40.0 Å². The molecule has 326 valence electrons. The monoisotopic (exact) mass is 844 g/mol. The van der Waals surface area contributed by atoms with E-state index in [1.807, 2.05) is 0 Å². The summed E-state index contributed by atoms with van der Waals surface area (Å²) >= 11 is 0. The Hall–Kier alpha value is -6.64. The van der Waals surface area contributed by atoms with E-state index in [1.54, 1.807) is 61.5 Å². The molecule has 0 aliphatic carbocycles. The minimum atomic E-state index is -1.46. The van der Waals surface area contributed by atoms with Crippen molar-refractivity contribution in [1.82, 2.24) is 35.0 Å². The Bertz CT molecular complexity index is 2560. The molecule has 6 rings (SSSR count). The number of pyridine rings is 1. The number of ether oxygens (including phenoxy) is 1. The molecular formula is C47H56N8O7. The fourth-order valence-corrected chi connectivity index (χ4v) is 7.37. The number of nitrogens with one attached hydrogen (secondary N) is 3. The van der Waals surface area contributed by atoms with E-state index in [4.69, 9.17) is 14.6 Å². The van der Waals surface area contributed by atoms with Crippen molar-refractivity contribution in [2.45, 2.75) is 116 Å². The molecule has 0 spiro atoms. The van der Waals surface area contributed by atoms with Crippen LogP contribution >= 0.6 is 0 Å². The van der Waals surface area contributed by atoms with Crippen molar-refractivity contribution in [1.29, 1.82) is 0 Å². The van der Waals surface area contributed by atoms with Crippen LogP contribution in [0.1, 0.15) is 132 Å². The Kier molecular flexibility index (Phi) is 16.5. The number of amides is 2. The number of unbranched alkanes of at least 4 members (excludes halogenated alkanes) is 13. The normalized spacial score (nSPS) is 11.7. The molecule has 0 saturated heterocycles. The summed E-state index contributed by atoms with van der Waals surface area (Å²) in [5.41, 5.74) is 2.70. The summed E-state index contributed by atoms with van der Waals surface area (Å²) in [6.07, 6.45) is 18.6. The van der Waals surface area contributed by atoms with Gasteiger partial charge in [-0.3, -0.25) is 23.7 Å². The van der Waals surface area contributed by atoms with Crippen LogP contribution in [-0.2, 0) is 14.4 Å². The number of anilines is 1. The molecule has 0 bridgehead atoms. The van der Waals surface area contributed by atoms with E-state index in [0.29, 0.717) is 23.2 Å². The SMILES string of the molecule is CCCCCCCCCCCCCCCCOc1ccc(C(=O)ONC(=O)CC)cc1NC(=O)C(c1nc2ccccc2c(=O)n1-c1cc[nH]c(=O)c1)n1nnc2ccccc21. The zero-order valence-corrected chi connectivity index (χ0v) is 35.6. The molecule has 62 heavy (non-hydrogen) atoms. The van der Waals surface area contributed by atoms with Crippen LogP contribution in [0.4, 0.5) is 5.69 Å². The average molecular weight is 845 g/mol. The van der Waals surface area contributed by atoms with Gasteiger partial charge in [-0.25, -0.2) is 14.5 Å². The molecule has 15 nitrogen and oxygen atoms in total. The highest BCUT2D eigenvalue weighted by atomic mass is 16.7. The molecule has 0 aliphatic rings. The van der Waals surface area contributed by atoms with Crippen LogP contribution in [0.3, 0.4) is 0 Å². The minimum absolute atomic E-state index is 0.0209. The first-order valence-corrected chi connectivity index (χ1v) is 21.9. The zero-order chi connectivity index (χ0) is 43.7. The van der Waals surface area contributed by atoms with Gasteiger partial charge in [-0.1, -0.05) is 127 Å². The fourth-order valence-electron chi connectivity index (χ4n) is 7.37. The number of carbonyl (C=O) groups excluding carboxylic acids is 3. The Morgan fingerprint density at radius 3 is 2.11 bits per heavy atom. The largest absolute Gasteiger partial charge is 0.491 e. The summed E-state index contributed by atoms with van der Waals surface area (Å²) in [5, 5.41) is 11.9. The van der Waals surface area contributed by atoms with Crippen molar-refractivity contribution in [2.75, 3.05) is 11.9 Å². The highest BCUT2D eigenvalue weighted by Gasteiger charge is 2.33. The van der Waals surface area contributed by atoms with Crippen LogP contribution < -0.4 is 26.7 Å². The summed E-state index contributed by atoms with van der Waals surface area (Å²) in [4.78, 5) is 79.4. The predicted octanol–water partition coefficient (Wildman–Crippen LogP) is 8.50. The number of carbonyl (C=O) groups is 3. The maximum atomic E-state index is 15.0. The van der Waals surface area contributed by atoms with Crippen LogP contribution in [0.25, 0.3) is 27.6 Å². The van der Waals surface area contributed by atoms with Crippen molar-refractivity contribution in [3.05, 3.63) is 117 Å². The summed E-state index contributed by atoms with van der Waals surface area (Å²) in [7, 11) is 0. The smallest absolute Gasteiger partial charge is 0.363 e. The summed E-state index contributed by atoms with van der Waals surface area (Å²) in [6.45, 7) is 4.22. The maximum Gasteiger partial charge on any atom is 0.363 e. The van der Waals surface area contributed by atoms with E-state index in [1.165, 1.54) is 104 Å². The first-order chi connectivity index (χ1) is 30.3. The van der Waals surface area contributed by atoms with Crippen LogP contribution in [0, 0.1) is 0 Å². The lowest BCUT2D eigenvalue weighted by atomic mass is 10.0.